The first kappa shape index (κ1) is 11.3. The summed E-state index contributed by atoms with van der Waals surface area (Å²) in [7, 11) is 0. The minimum atomic E-state index is 0.486. The van der Waals surface area contributed by atoms with E-state index in [-0.39, 0.29) is 0 Å². The molecule has 0 saturated heterocycles. The molecule has 0 aromatic carbocycles. The van der Waals surface area contributed by atoms with Crippen LogP contribution in [0.1, 0.15) is 19.0 Å². The summed E-state index contributed by atoms with van der Waals surface area (Å²) in [4.78, 5) is 8.46. The second kappa shape index (κ2) is 5.86. The highest BCUT2D eigenvalue weighted by atomic mass is 32.2. The Morgan fingerprint density at radius 3 is 2.71 bits per heavy atom. The smallest absolute Gasteiger partial charge is 0.147 e. The molecule has 1 aromatic heterocycles. The van der Waals surface area contributed by atoms with Crippen molar-refractivity contribution in [3.63, 3.8) is 0 Å². The Balaban J connectivity index is 2.62. The van der Waals surface area contributed by atoms with E-state index in [1.165, 1.54) is 0 Å². The fraction of sp³-hybridized carbons (Fsp3) is 0.600. The quantitative estimate of drug-likeness (QED) is 0.811. The van der Waals surface area contributed by atoms with Crippen LogP contribution in [0, 0.1) is 6.92 Å². The lowest BCUT2D eigenvalue weighted by atomic mass is 10.2. The Morgan fingerprint density at radius 2 is 2.14 bits per heavy atom. The molecule has 1 atom stereocenters. The zero-order chi connectivity index (χ0) is 10.4. The molecule has 1 N–H and O–H groups in total. The van der Waals surface area contributed by atoms with Crippen molar-refractivity contribution in [1.82, 2.24) is 9.97 Å². The van der Waals surface area contributed by atoms with Gasteiger partial charge in [0.1, 0.15) is 5.82 Å². The average molecular weight is 211 g/mol. The lowest BCUT2D eigenvalue weighted by molar-refractivity contribution is 0.766. The molecule has 0 aliphatic rings. The third-order valence-corrected chi connectivity index (χ3v) is 2.82. The fourth-order valence-electron chi connectivity index (χ4n) is 1.21. The van der Waals surface area contributed by atoms with Crippen LogP contribution in [0.4, 0.5) is 5.82 Å². The average Bonchev–Trinajstić information content (AvgIpc) is 2.20. The summed E-state index contributed by atoms with van der Waals surface area (Å²) >= 11 is 1.85. The molecule has 1 rings (SSSR count). The van der Waals surface area contributed by atoms with Crippen LogP contribution in [-0.4, -0.2) is 28.0 Å². The van der Waals surface area contributed by atoms with Crippen molar-refractivity contribution in [2.75, 3.05) is 17.3 Å². The largest absolute Gasteiger partial charge is 0.365 e. The van der Waals surface area contributed by atoms with E-state index in [0.717, 1.165) is 23.7 Å². The number of anilines is 1. The summed E-state index contributed by atoms with van der Waals surface area (Å²) < 4.78 is 0. The van der Waals surface area contributed by atoms with Crippen molar-refractivity contribution < 1.29 is 0 Å². The van der Waals surface area contributed by atoms with E-state index in [0.29, 0.717) is 6.04 Å². The maximum absolute atomic E-state index is 4.27. The molecule has 78 valence electrons. The maximum Gasteiger partial charge on any atom is 0.147 e. The van der Waals surface area contributed by atoms with Crippen molar-refractivity contribution in [2.24, 2.45) is 0 Å². The summed E-state index contributed by atoms with van der Waals surface area (Å²) in [5.74, 6) is 2.01. The highest BCUT2D eigenvalue weighted by Crippen LogP contribution is 2.11. The van der Waals surface area contributed by atoms with Gasteiger partial charge in [-0.15, -0.1) is 0 Å². The van der Waals surface area contributed by atoms with E-state index in [9.17, 15) is 0 Å². The van der Waals surface area contributed by atoms with Crippen LogP contribution in [0.2, 0.25) is 0 Å². The van der Waals surface area contributed by atoms with Crippen molar-refractivity contribution in [2.45, 2.75) is 26.3 Å². The topological polar surface area (TPSA) is 37.8 Å². The predicted molar refractivity (Wildman–Crippen MR) is 62.9 cm³/mol. The van der Waals surface area contributed by atoms with Gasteiger partial charge in [0, 0.05) is 24.2 Å². The normalized spacial score (nSPS) is 12.5. The van der Waals surface area contributed by atoms with Gasteiger partial charge in [-0.2, -0.15) is 11.8 Å². The van der Waals surface area contributed by atoms with Crippen LogP contribution in [0.25, 0.3) is 0 Å². The Bertz CT molecular complexity index is 278. The number of aromatic nitrogens is 2. The number of hydrogen-bond donors (Lipinski definition) is 1. The molecular weight excluding hydrogens is 194 g/mol. The first-order valence-corrected chi connectivity index (χ1v) is 6.20. The van der Waals surface area contributed by atoms with E-state index in [1.54, 1.807) is 12.4 Å². The lowest BCUT2D eigenvalue weighted by Gasteiger charge is -2.16. The van der Waals surface area contributed by atoms with Crippen LogP contribution in [0.5, 0.6) is 0 Å². The van der Waals surface area contributed by atoms with Gasteiger partial charge in [-0.25, -0.2) is 4.98 Å². The van der Waals surface area contributed by atoms with Gasteiger partial charge in [0.2, 0.25) is 0 Å². The molecule has 14 heavy (non-hydrogen) atoms. The number of nitrogens with zero attached hydrogens (tertiary/aromatic N) is 2. The number of thioether (sulfide) groups is 1. The molecule has 3 nitrogen and oxygen atoms in total. The third-order valence-electron chi connectivity index (χ3n) is 2.08. The zero-order valence-corrected chi connectivity index (χ0v) is 9.77. The Kier molecular flexibility index (Phi) is 4.73. The predicted octanol–water partition coefficient (Wildman–Crippen LogP) is 2.34. The molecule has 0 radical (unpaired) electrons. The van der Waals surface area contributed by atoms with E-state index >= 15 is 0 Å². The van der Waals surface area contributed by atoms with Crippen molar-refractivity contribution in [3.05, 3.63) is 18.1 Å². The van der Waals surface area contributed by atoms with Crippen molar-refractivity contribution in [3.8, 4) is 0 Å². The first-order valence-electron chi connectivity index (χ1n) is 4.81. The summed E-state index contributed by atoms with van der Waals surface area (Å²) in [6, 6.07) is 0.486. The van der Waals surface area contributed by atoms with Crippen molar-refractivity contribution >= 4 is 17.6 Å². The van der Waals surface area contributed by atoms with Gasteiger partial charge in [0.15, 0.2) is 0 Å². The van der Waals surface area contributed by atoms with Gasteiger partial charge in [-0.1, -0.05) is 6.92 Å². The molecule has 0 spiro atoms. The van der Waals surface area contributed by atoms with Crippen LogP contribution < -0.4 is 5.32 Å². The van der Waals surface area contributed by atoms with Gasteiger partial charge in [0.05, 0.1) is 5.69 Å². The second-order valence-corrected chi connectivity index (χ2v) is 4.11. The zero-order valence-electron chi connectivity index (χ0n) is 8.95. The van der Waals surface area contributed by atoms with E-state index in [4.69, 9.17) is 0 Å². The fourth-order valence-corrected chi connectivity index (χ4v) is 1.93. The van der Waals surface area contributed by atoms with E-state index in [2.05, 4.69) is 28.5 Å². The molecule has 0 aliphatic heterocycles. The molecule has 0 aliphatic carbocycles. The Labute approximate surface area is 89.7 Å². The van der Waals surface area contributed by atoms with Crippen LogP contribution in [-0.2, 0) is 0 Å². The van der Waals surface area contributed by atoms with Gasteiger partial charge in [0.25, 0.3) is 0 Å². The van der Waals surface area contributed by atoms with Gasteiger partial charge in [-0.05, 0) is 19.6 Å². The summed E-state index contributed by atoms with van der Waals surface area (Å²) in [5.41, 5.74) is 0.965. The molecule has 0 bridgehead atoms. The molecule has 4 heteroatoms. The number of nitrogens with one attached hydrogen (secondary N) is 1. The van der Waals surface area contributed by atoms with E-state index < -0.39 is 0 Å². The van der Waals surface area contributed by atoms with Crippen LogP contribution in [0.15, 0.2) is 12.4 Å². The maximum atomic E-state index is 4.27. The minimum absolute atomic E-state index is 0.486. The monoisotopic (exact) mass is 211 g/mol. The Hall–Kier alpha value is -0.770. The molecular formula is C10H17N3S. The lowest BCUT2D eigenvalue weighted by Crippen LogP contribution is -2.22. The van der Waals surface area contributed by atoms with Gasteiger partial charge >= 0.3 is 0 Å². The second-order valence-electron chi connectivity index (χ2n) is 3.20. The minimum Gasteiger partial charge on any atom is -0.365 e. The Morgan fingerprint density at radius 1 is 1.43 bits per heavy atom. The van der Waals surface area contributed by atoms with Crippen molar-refractivity contribution in [1.29, 1.82) is 0 Å². The molecule has 1 heterocycles. The standard InChI is InChI=1S/C10H17N3S/c1-4-9(7-14-3)13-10-8(2)11-5-6-12-10/h5-6,9H,4,7H2,1-3H3,(H,12,13). The highest BCUT2D eigenvalue weighted by molar-refractivity contribution is 7.98. The number of rotatable bonds is 5. The van der Waals surface area contributed by atoms with Crippen LogP contribution >= 0.6 is 11.8 Å². The molecule has 0 fully saturated rings. The number of hydrogen-bond acceptors (Lipinski definition) is 4. The summed E-state index contributed by atoms with van der Waals surface area (Å²) in [6.45, 7) is 4.15. The summed E-state index contributed by atoms with van der Waals surface area (Å²) in [5, 5.41) is 3.40. The third kappa shape index (κ3) is 3.18. The molecule has 1 unspecified atom stereocenters. The molecule has 1 aromatic rings. The molecule has 0 saturated carbocycles. The summed E-state index contributed by atoms with van der Waals surface area (Å²) in [6.07, 6.45) is 6.67. The first-order chi connectivity index (χ1) is 6.77. The van der Waals surface area contributed by atoms with Gasteiger partial charge < -0.3 is 5.32 Å². The van der Waals surface area contributed by atoms with E-state index in [1.807, 2.05) is 18.7 Å². The number of aryl methyl sites for hydroxylation is 1. The SMILES string of the molecule is CCC(CSC)Nc1nccnc1C. The highest BCUT2D eigenvalue weighted by Gasteiger charge is 2.07. The molecule has 0 amide bonds. The van der Waals surface area contributed by atoms with Crippen LogP contribution in [0.3, 0.4) is 0 Å². The van der Waals surface area contributed by atoms with Gasteiger partial charge in [-0.3, -0.25) is 4.98 Å².